The fourth-order valence-electron chi connectivity index (χ4n) is 1.26. The van der Waals surface area contributed by atoms with E-state index in [1.54, 1.807) is 0 Å². The Labute approximate surface area is 82.7 Å². The van der Waals surface area contributed by atoms with Crippen LogP contribution in [0.1, 0.15) is 19.3 Å². The number of hydrogen-bond acceptors (Lipinski definition) is 4. The highest BCUT2D eigenvalue weighted by atomic mass is 32.1. The van der Waals surface area contributed by atoms with E-state index < -0.39 is 0 Å². The molecule has 0 spiro atoms. The van der Waals surface area contributed by atoms with Gasteiger partial charge in [0, 0.05) is 0 Å². The molecule has 5 heteroatoms. The lowest BCUT2D eigenvalue weighted by atomic mass is 10.0. The van der Waals surface area contributed by atoms with Gasteiger partial charge >= 0.3 is 0 Å². The van der Waals surface area contributed by atoms with Gasteiger partial charge in [0.05, 0.1) is 6.04 Å². The molecular weight excluding hydrogens is 192 g/mol. The van der Waals surface area contributed by atoms with E-state index in [-0.39, 0.29) is 16.3 Å². The quantitative estimate of drug-likeness (QED) is 0.468. The van der Waals surface area contributed by atoms with Crippen LogP contribution in [0.5, 0.6) is 0 Å². The zero-order valence-electron chi connectivity index (χ0n) is 6.63. The maximum atomic E-state index is 11.3. The number of piperidine rings is 1. The van der Waals surface area contributed by atoms with E-state index in [2.05, 4.69) is 35.5 Å². The first-order valence-electron chi connectivity index (χ1n) is 3.95. The second-order valence-corrected chi connectivity index (χ2v) is 3.85. The Morgan fingerprint density at radius 1 is 1.58 bits per heavy atom. The van der Waals surface area contributed by atoms with E-state index in [0.29, 0.717) is 0 Å². The minimum absolute atomic E-state index is 0.0882. The molecule has 12 heavy (non-hydrogen) atoms. The van der Waals surface area contributed by atoms with Gasteiger partial charge in [-0.1, -0.05) is 10.7 Å². The highest BCUT2D eigenvalue weighted by Crippen LogP contribution is 2.06. The summed E-state index contributed by atoms with van der Waals surface area (Å²) in [4.78, 5) is 11.3. The number of amides is 1. The van der Waals surface area contributed by atoms with Crippen molar-refractivity contribution in [3.8, 4) is 0 Å². The molecule has 1 atom stereocenters. The zero-order valence-corrected chi connectivity index (χ0v) is 8.26. The molecule has 1 amide bonds. The average Bonchev–Trinajstić information content (AvgIpc) is 2.05. The van der Waals surface area contributed by atoms with Gasteiger partial charge in [-0.25, -0.2) is 0 Å². The topological polar surface area (TPSA) is 41.1 Å². The van der Waals surface area contributed by atoms with Gasteiger partial charge in [-0.15, -0.1) is 0 Å². The van der Waals surface area contributed by atoms with Crippen molar-refractivity contribution in [2.45, 2.75) is 25.3 Å². The van der Waals surface area contributed by atoms with Crippen molar-refractivity contribution in [2.75, 3.05) is 6.54 Å². The molecule has 3 nitrogen and oxygen atoms in total. The van der Waals surface area contributed by atoms with Gasteiger partial charge in [0.25, 0.3) is 0 Å². The van der Waals surface area contributed by atoms with Gasteiger partial charge in [0.2, 0.25) is 5.91 Å². The fourth-order valence-corrected chi connectivity index (χ4v) is 1.46. The van der Waals surface area contributed by atoms with Gasteiger partial charge in [-0.2, -0.15) is 0 Å². The van der Waals surface area contributed by atoms with Crippen LogP contribution in [0.25, 0.3) is 0 Å². The van der Waals surface area contributed by atoms with Crippen LogP contribution in [0.4, 0.5) is 0 Å². The second kappa shape index (κ2) is 4.69. The van der Waals surface area contributed by atoms with Crippen LogP contribution in [0, 0.1) is 0 Å². The Balaban J connectivity index is 2.34. The fraction of sp³-hybridized carbons (Fsp3) is 0.714. The van der Waals surface area contributed by atoms with E-state index in [1.807, 2.05) is 0 Å². The van der Waals surface area contributed by atoms with Gasteiger partial charge in [-0.05, 0) is 19.4 Å². The van der Waals surface area contributed by atoms with E-state index >= 15 is 0 Å². The first kappa shape index (κ1) is 9.83. The number of carbonyl (C=O) groups is 1. The Morgan fingerprint density at radius 3 is 2.83 bits per heavy atom. The summed E-state index contributed by atoms with van der Waals surface area (Å²) < 4.78 is 0.132. The summed E-state index contributed by atoms with van der Waals surface area (Å²) in [5, 5.41) is 5.56. The van der Waals surface area contributed by atoms with Crippen LogP contribution in [0.2, 0.25) is 0 Å². The molecule has 0 aromatic carbocycles. The Morgan fingerprint density at radius 2 is 2.33 bits per heavy atom. The summed E-state index contributed by atoms with van der Waals surface area (Å²) in [5.74, 6) is -0.0882. The molecule has 0 aromatic rings. The summed E-state index contributed by atoms with van der Waals surface area (Å²) in [6.07, 6.45) is 3.11. The zero-order chi connectivity index (χ0) is 8.97. The van der Waals surface area contributed by atoms with E-state index in [1.165, 1.54) is 0 Å². The van der Waals surface area contributed by atoms with Crippen LogP contribution in [-0.4, -0.2) is 22.8 Å². The van der Waals surface area contributed by atoms with E-state index in [9.17, 15) is 4.79 Å². The smallest absolute Gasteiger partial charge is 0.240 e. The number of carbonyl (C=O) groups excluding carboxylic acids is 1. The molecule has 1 unspecified atom stereocenters. The number of hydrogen-bond donors (Lipinski definition) is 2. The molecule has 0 aromatic heterocycles. The van der Waals surface area contributed by atoms with Crippen LogP contribution >= 0.6 is 12.2 Å². The lowest BCUT2D eigenvalue weighted by Crippen LogP contribution is -2.47. The summed E-state index contributed by atoms with van der Waals surface area (Å²) in [7, 11) is 0. The minimum Gasteiger partial charge on any atom is -0.411 e. The maximum absolute atomic E-state index is 11.3. The summed E-state index contributed by atoms with van der Waals surface area (Å²) in [6, 6.07) is -0.0975. The lowest BCUT2D eigenvalue weighted by molar-refractivity contribution is -0.122. The van der Waals surface area contributed by atoms with Crippen molar-refractivity contribution in [3.05, 3.63) is 0 Å². The first-order valence-corrected chi connectivity index (χ1v) is 4.77. The molecule has 1 saturated heterocycles. The van der Waals surface area contributed by atoms with Crippen LogP contribution in [0.15, 0.2) is 0 Å². The van der Waals surface area contributed by atoms with Crippen molar-refractivity contribution in [1.82, 2.24) is 10.6 Å². The van der Waals surface area contributed by atoms with Crippen LogP contribution < -0.4 is 10.6 Å². The Bertz CT molecular complexity index is 190. The third-order valence-electron chi connectivity index (χ3n) is 1.85. The van der Waals surface area contributed by atoms with Crippen molar-refractivity contribution in [3.63, 3.8) is 0 Å². The third kappa shape index (κ3) is 3.00. The number of nitrogens with one attached hydrogen (secondary N) is 2. The summed E-state index contributed by atoms with van der Waals surface area (Å²) >= 11 is 9.19. The molecule has 0 radical (unpaired) electrons. The highest BCUT2D eigenvalue weighted by Gasteiger charge is 2.19. The average molecular weight is 203 g/mol. The van der Waals surface area contributed by atoms with Crippen molar-refractivity contribution in [2.24, 2.45) is 0 Å². The SMILES string of the molecule is O=C(NC(=S)[S-])C1CCCCN1. The summed E-state index contributed by atoms with van der Waals surface area (Å²) in [5.41, 5.74) is 0. The third-order valence-corrected chi connectivity index (χ3v) is 2.06. The molecule has 1 aliphatic heterocycles. The molecule has 1 rings (SSSR count). The predicted molar refractivity (Wildman–Crippen MR) is 53.7 cm³/mol. The normalized spacial score (nSPS) is 23.2. The van der Waals surface area contributed by atoms with Gasteiger partial charge in [-0.3, -0.25) is 4.79 Å². The standard InChI is InChI=1S/C7H12N2OS2/c10-6(9-7(11)12)5-3-1-2-4-8-5/h5,8H,1-4H2,(H2,9,10,11,12)/p-1. The minimum atomic E-state index is -0.0975. The Kier molecular flexibility index (Phi) is 3.84. The monoisotopic (exact) mass is 203 g/mol. The molecule has 1 fully saturated rings. The largest absolute Gasteiger partial charge is 0.411 e. The van der Waals surface area contributed by atoms with Crippen LogP contribution in [0.3, 0.4) is 0 Å². The molecule has 68 valence electrons. The molecule has 0 aliphatic carbocycles. The molecule has 1 aliphatic rings. The van der Waals surface area contributed by atoms with Gasteiger partial charge < -0.3 is 35.5 Å². The molecule has 1 heterocycles. The maximum Gasteiger partial charge on any atom is 0.240 e. The van der Waals surface area contributed by atoms with Gasteiger partial charge in [0.1, 0.15) is 0 Å². The molecular formula is C7H11N2OS2-. The summed E-state index contributed by atoms with van der Waals surface area (Å²) in [6.45, 7) is 0.905. The first-order chi connectivity index (χ1) is 5.70. The highest BCUT2D eigenvalue weighted by molar-refractivity contribution is 8.00. The molecule has 0 saturated carbocycles. The lowest BCUT2D eigenvalue weighted by Gasteiger charge is -2.23. The number of thiocarbonyl (C=S) groups is 1. The van der Waals surface area contributed by atoms with Crippen LogP contribution in [-0.2, 0) is 17.4 Å². The molecule has 2 N–H and O–H groups in total. The van der Waals surface area contributed by atoms with Crippen molar-refractivity contribution < 1.29 is 4.79 Å². The van der Waals surface area contributed by atoms with Crippen molar-refractivity contribution >= 4 is 35.1 Å². The second-order valence-electron chi connectivity index (χ2n) is 2.78. The van der Waals surface area contributed by atoms with Crippen molar-refractivity contribution in [1.29, 1.82) is 0 Å². The van der Waals surface area contributed by atoms with E-state index in [0.717, 1.165) is 25.8 Å². The van der Waals surface area contributed by atoms with Gasteiger partial charge in [0.15, 0.2) is 0 Å². The molecule has 0 bridgehead atoms. The van der Waals surface area contributed by atoms with E-state index in [4.69, 9.17) is 0 Å². The Hall–Kier alpha value is -0.260. The predicted octanol–water partition coefficient (Wildman–Crippen LogP) is 0.0765. The number of rotatable bonds is 1.